The smallest absolute Gasteiger partial charge is 0.0638 e. The fraction of sp³-hybridized carbons (Fsp3) is 0.400. The van der Waals surface area contributed by atoms with Crippen LogP contribution in [0.3, 0.4) is 0 Å². The van der Waals surface area contributed by atoms with Crippen molar-refractivity contribution in [2.75, 3.05) is 6.54 Å². The van der Waals surface area contributed by atoms with Crippen molar-refractivity contribution < 1.29 is 0 Å². The van der Waals surface area contributed by atoms with Crippen LogP contribution < -0.4 is 5.32 Å². The number of nitrogens with zero attached hydrogens (tertiary/aromatic N) is 2. The van der Waals surface area contributed by atoms with E-state index < -0.39 is 0 Å². The first kappa shape index (κ1) is 12.8. The molecule has 0 fully saturated rings. The van der Waals surface area contributed by atoms with E-state index in [1.54, 1.807) is 0 Å². The Labute approximate surface area is 109 Å². The lowest BCUT2D eigenvalue weighted by Crippen LogP contribution is -2.16. The normalized spacial score (nSPS) is 10.8. The van der Waals surface area contributed by atoms with Gasteiger partial charge >= 0.3 is 0 Å². The average Bonchev–Trinajstić information content (AvgIpc) is 2.64. The zero-order valence-electron chi connectivity index (χ0n) is 11.4. The van der Waals surface area contributed by atoms with Crippen LogP contribution in [-0.4, -0.2) is 16.3 Å². The lowest BCUT2D eigenvalue weighted by Gasteiger charge is -2.05. The van der Waals surface area contributed by atoms with Gasteiger partial charge in [-0.25, -0.2) is 0 Å². The van der Waals surface area contributed by atoms with E-state index in [9.17, 15) is 0 Å². The summed E-state index contributed by atoms with van der Waals surface area (Å²) in [5, 5.41) is 7.81. The molecule has 3 heteroatoms. The Morgan fingerprint density at radius 3 is 2.78 bits per heavy atom. The van der Waals surface area contributed by atoms with Gasteiger partial charge in [-0.3, -0.25) is 4.68 Å². The summed E-state index contributed by atoms with van der Waals surface area (Å²) in [5.41, 5.74) is 5.11. The van der Waals surface area contributed by atoms with Crippen LogP contribution in [0.25, 0.3) is 0 Å². The zero-order valence-corrected chi connectivity index (χ0v) is 11.4. The Bertz CT molecular complexity index is 514. The van der Waals surface area contributed by atoms with Crippen molar-refractivity contribution in [3.05, 3.63) is 52.8 Å². The maximum Gasteiger partial charge on any atom is 0.0638 e. The summed E-state index contributed by atoms with van der Waals surface area (Å²) in [6.45, 7) is 6.08. The molecule has 96 valence electrons. The summed E-state index contributed by atoms with van der Waals surface area (Å²) >= 11 is 0. The zero-order chi connectivity index (χ0) is 13.0. The molecule has 0 amide bonds. The minimum Gasteiger partial charge on any atom is -0.312 e. The summed E-state index contributed by atoms with van der Waals surface area (Å²) in [7, 11) is 1.96. The highest BCUT2D eigenvalue weighted by Crippen LogP contribution is 2.05. The highest BCUT2D eigenvalue weighted by molar-refractivity contribution is 5.22. The highest BCUT2D eigenvalue weighted by Gasteiger charge is 2.01. The number of aromatic nitrogens is 2. The topological polar surface area (TPSA) is 29.9 Å². The molecule has 0 radical (unpaired) electrons. The molecule has 0 saturated heterocycles. The number of hydrogen-bond donors (Lipinski definition) is 1. The SMILES string of the molecule is Cc1cccc(CCNCc2cn(C)nc2C)c1. The molecule has 2 rings (SSSR count). The number of hydrogen-bond acceptors (Lipinski definition) is 2. The van der Waals surface area contributed by atoms with Crippen LogP contribution in [-0.2, 0) is 20.0 Å². The third kappa shape index (κ3) is 3.44. The van der Waals surface area contributed by atoms with Crippen molar-refractivity contribution in [3.63, 3.8) is 0 Å². The van der Waals surface area contributed by atoms with Crippen molar-refractivity contribution in [2.45, 2.75) is 26.8 Å². The minimum absolute atomic E-state index is 0.894. The van der Waals surface area contributed by atoms with Crippen LogP contribution in [0, 0.1) is 13.8 Å². The van der Waals surface area contributed by atoms with Gasteiger partial charge in [-0.05, 0) is 32.4 Å². The van der Waals surface area contributed by atoms with Crippen molar-refractivity contribution in [3.8, 4) is 0 Å². The van der Waals surface area contributed by atoms with Crippen molar-refractivity contribution >= 4 is 0 Å². The molecule has 1 N–H and O–H groups in total. The number of aryl methyl sites for hydroxylation is 3. The van der Waals surface area contributed by atoms with Gasteiger partial charge in [0.1, 0.15) is 0 Å². The van der Waals surface area contributed by atoms with Gasteiger partial charge < -0.3 is 5.32 Å². The molecule has 0 aliphatic rings. The molecule has 0 spiro atoms. The summed E-state index contributed by atoms with van der Waals surface area (Å²) in [6.07, 6.45) is 3.15. The Kier molecular flexibility index (Phi) is 4.15. The van der Waals surface area contributed by atoms with E-state index in [4.69, 9.17) is 0 Å². The molecule has 0 aliphatic carbocycles. The standard InChI is InChI=1S/C15H21N3/c1-12-5-4-6-14(9-12)7-8-16-10-15-11-18(3)17-13(15)2/h4-6,9,11,16H,7-8,10H2,1-3H3. The van der Waals surface area contributed by atoms with Gasteiger partial charge in [0.15, 0.2) is 0 Å². The molecular weight excluding hydrogens is 222 g/mol. The second-order valence-electron chi connectivity index (χ2n) is 4.83. The second-order valence-corrected chi connectivity index (χ2v) is 4.83. The third-order valence-electron chi connectivity index (χ3n) is 3.10. The van der Waals surface area contributed by atoms with Crippen LogP contribution in [0.1, 0.15) is 22.4 Å². The molecule has 0 unspecified atom stereocenters. The number of benzene rings is 1. The fourth-order valence-electron chi connectivity index (χ4n) is 2.15. The lowest BCUT2D eigenvalue weighted by molar-refractivity contribution is 0.684. The van der Waals surface area contributed by atoms with Crippen LogP contribution in [0.4, 0.5) is 0 Å². The van der Waals surface area contributed by atoms with Crippen molar-refractivity contribution in [1.82, 2.24) is 15.1 Å². The molecule has 1 heterocycles. The first-order valence-corrected chi connectivity index (χ1v) is 6.40. The van der Waals surface area contributed by atoms with Gasteiger partial charge in [-0.2, -0.15) is 5.10 Å². The molecule has 2 aromatic rings. The maximum absolute atomic E-state index is 4.34. The van der Waals surface area contributed by atoms with Gasteiger partial charge in [0.05, 0.1) is 5.69 Å². The Morgan fingerprint density at radius 1 is 1.28 bits per heavy atom. The fourth-order valence-corrected chi connectivity index (χ4v) is 2.15. The Morgan fingerprint density at radius 2 is 2.11 bits per heavy atom. The van der Waals surface area contributed by atoms with Gasteiger partial charge in [-0.1, -0.05) is 29.8 Å². The van der Waals surface area contributed by atoms with Crippen LogP contribution in [0.15, 0.2) is 30.5 Å². The molecule has 0 atom stereocenters. The quantitative estimate of drug-likeness (QED) is 0.817. The van der Waals surface area contributed by atoms with Crippen LogP contribution >= 0.6 is 0 Å². The monoisotopic (exact) mass is 243 g/mol. The maximum atomic E-state index is 4.34. The van der Waals surface area contributed by atoms with E-state index in [0.29, 0.717) is 0 Å². The third-order valence-corrected chi connectivity index (χ3v) is 3.10. The van der Waals surface area contributed by atoms with Gasteiger partial charge in [0, 0.05) is 25.4 Å². The van der Waals surface area contributed by atoms with Crippen molar-refractivity contribution in [1.29, 1.82) is 0 Å². The Hall–Kier alpha value is -1.61. The molecule has 18 heavy (non-hydrogen) atoms. The summed E-state index contributed by atoms with van der Waals surface area (Å²) in [5.74, 6) is 0. The molecule has 1 aromatic heterocycles. The molecule has 0 bridgehead atoms. The first-order chi connectivity index (χ1) is 8.65. The van der Waals surface area contributed by atoms with E-state index in [0.717, 1.165) is 25.2 Å². The predicted octanol–water partition coefficient (Wildman–Crippen LogP) is 2.37. The molecule has 0 aliphatic heterocycles. The van der Waals surface area contributed by atoms with E-state index in [1.165, 1.54) is 16.7 Å². The van der Waals surface area contributed by atoms with Gasteiger partial charge in [0.25, 0.3) is 0 Å². The predicted molar refractivity (Wildman–Crippen MR) is 74.5 cm³/mol. The van der Waals surface area contributed by atoms with Crippen LogP contribution in [0.2, 0.25) is 0 Å². The number of rotatable bonds is 5. The van der Waals surface area contributed by atoms with Crippen molar-refractivity contribution in [2.24, 2.45) is 7.05 Å². The average molecular weight is 243 g/mol. The first-order valence-electron chi connectivity index (χ1n) is 6.40. The van der Waals surface area contributed by atoms with E-state index >= 15 is 0 Å². The molecule has 1 aromatic carbocycles. The number of nitrogens with one attached hydrogen (secondary N) is 1. The molecule has 0 saturated carbocycles. The lowest BCUT2D eigenvalue weighted by atomic mass is 10.1. The second kappa shape index (κ2) is 5.83. The largest absolute Gasteiger partial charge is 0.312 e. The molecular formula is C15H21N3. The summed E-state index contributed by atoms with van der Waals surface area (Å²) in [4.78, 5) is 0. The van der Waals surface area contributed by atoms with E-state index in [1.807, 2.05) is 11.7 Å². The van der Waals surface area contributed by atoms with E-state index in [-0.39, 0.29) is 0 Å². The summed E-state index contributed by atoms with van der Waals surface area (Å²) < 4.78 is 1.87. The Balaban J connectivity index is 1.78. The van der Waals surface area contributed by atoms with Gasteiger partial charge in [-0.15, -0.1) is 0 Å². The minimum atomic E-state index is 0.894. The molecule has 3 nitrogen and oxygen atoms in total. The highest BCUT2D eigenvalue weighted by atomic mass is 15.2. The van der Waals surface area contributed by atoms with Crippen LogP contribution in [0.5, 0.6) is 0 Å². The van der Waals surface area contributed by atoms with Gasteiger partial charge in [0.2, 0.25) is 0 Å². The van der Waals surface area contributed by atoms with E-state index in [2.05, 4.69) is 54.7 Å². The summed E-state index contributed by atoms with van der Waals surface area (Å²) in [6, 6.07) is 8.69.